The summed E-state index contributed by atoms with van der Waals surface area (Å²) in [6, 6.07) is 9.66. The molecular weight excluding hydrogens is 232 g/mol. The maximum absolute atomic E-state index is 10.8. The lowest BCUT2D eigenvalue weighted by Crippen LogP contribution is -2.36. The van der Waals surface area contributed by atoms with Crippen molar-refractivity contribution in [3.05, 3.63) is 35.9 Å². The molecule has 0 spiro atoms. The largest absolute Gasteiger partial charge is 0.480 e. The molecular formula is C13H18N2O3. The van der Waals surface area contributed by atoms with Crippen molar-refractivity contribution in [3.8, 4) is 0 Å². The third-order valence-corrected chi connectivity index (χ3v) is 2.41. The van der Waals surface area contributed by atoms with E-state index < -0.39 is 5.97 Å². The van der Waals surface area contributed by atoms with Crippen LogP contribution < -0.4 is 5.32 Å². The van der Waals surface area contributed by atoms with Gasteiger partial charge in [0, 0.05) is 26.6 Å². The quantitative estimate of drug-likeness (QED) is 0.747. The number of hydrogen-bond acceptors (Lipinski definition) is 3. The van der Waals surface area contributed by atoms with Gasteiger partial charge in [0.2, 0.25) is 5.91 Å². The molecule has 0 saturated carbocycles. The lowest BCUT2D eigenvalue weighted by Gasteiger charge is -2.20. The van der Waals surface area contributed by atoms with E-state index >= 15 is 0 Å². The standard InChI is InChI=1S/C13H18N2O3/c1-11(16)14-7-8-15(10-13(17)18)9-12-5-3-2-4-6-12/h2-6H,7-10H2,1H3,(H,14,16)(H,17,18). The molecule has 1 aromatic carbocycles. The van der Waals surface area contributed by atoms with E-state index in [1.165, 1.54) is 6.92 Å². The number of amides is 1. The van der Waals surface area contributed by atoms with Crippen LogP contribution in [0.1, 0.15) is 12.5 Å². The van der Waals surface area contributed by atoms with Gasteiger partial charge in [0.1, 0.15) is 0 Å². The van der Waals surface area contributed by atoms with Gasteiger partial charge in [-0.3, -0.25) is 14.5 Å². The van der Waals surface area contributed by atoms with E-state index in [1.54, 1.807) is 4.90 Å². The van der Waals surface area contributed by atoms with E-state index in [1.807, 2.05) is 30.3 Å². The molecule has 0 unspecified atom stereocenters. The molecule has 1 aromatic rings. The zero-order chi connectivity index (χ0) is 13.4. The molecule has 0 aliphatic carbocycles. The Labute approximate surface area is 106 Å². The van der Waals surface area contributed by atoms with Crippen molar-refractivity contribution in [2.75, 3.05) is 19.6 Å². The van der Waals surface area contributed by atoms with Crippen LogP contribution in [0.4, 0.5) is 0 Å². The number of carboxylic acid groups (broad SMARTS) is 1. The monoisotopic (exact) mass is 250 g/mol. The Hall–Kier alpha value is -1.88. The second kappa shape index (κ2) is 7.45. The number of hydrogen-bond donors (Lipinski definition) is 2. The van der Waals surface area contributed by atoms with Gasteiger partial charge in [-0.2, -0.15) is 0 Å². The average Bonchev–Trinajstić information content (AvgIpc) is 2.28. The fourth-order valence-electron chi connectivity index (χ4n) is 1.64. The summed E-state index contributed by atoms with van der Waals surface area (Å²) in [5.74, 6) is -0.973. The molecule has 1 rings (SSSR count). The summed E-state index contributed by atoms with van der Waals surface area (Å²) in [7, 11) is 0. The van der Waals surface area contributed by atoms with Crippen molar-refractivity contribution in [1.82, 2.24) is 10.2 Å². The molecule has 0 fully saturated rings. The van der Waals surface area contributed by atoms with Crippen molar-refractivity contribution >= 4 is 11.9 Å². The molecule has 0 heterocycles. The fourth-order valence-corrected chi connectivity index (χ4v) is 1.64. The van der Waals surface area contributed by atoms with E-state index in [-0.39, 0.29) is 12.5 Å². The minimum absolute atomic E-state index is 0.0333. The van der Waals surface area contributed by atoms with Gasteiger partial charge in [0.05, 0.1) is 6.54 Å². The molecule has 0 aliphatic heterocycles. The second-order valence-corrected chi connectivity index (χ2v) is 4.07. The number of aliphatic carboxylic acids is 1. The van der Waals surface area contributed by atoms with Crippen molar-refractivity contribution in [2.24, 2.45) is 0 Å². The van der Waals surface area contributed by atoms with Crippen LogP contribution in [0.2, 0.25) is 0 Å². The summed E-state index contributed by atoms with van der Waals surface area (Å²) in [4.78, 5) is 23.3. The van der Waals surface area contributed by atoms with Gasteiger partial charge in [0.25, 0.3) is 0 Å². The number of carboxylic acids is 1. The normalized spacial score (nSPS) is 10.3. The smallest absolute Gasteiger partial charge is 0.317 e. The van der Waals surface area contributed by atoms with Gasteiger partial charge in [-0.25, -0.2) is 0 Å². The number of carbonyl (C=O) groups excluding carboxylic acids is 1. The van der Waals surface area contributed by atoms with Crippen LogP contribution in [0.5, 0.6) is 0 Å². The van der Waals surface area contributed by atoms with Crippen molar-refractivity contribution in [1.29, 1.82) is 0 Å². The summed E-state index contributed by atoms with van der Waals surface area (Å²) in [6.07, 6.45) is 0. The highest BCUT2D eigenvalue weighted by Gasteiger charge is 2.10. The van der Waals surface area contributed by atoms with Crippen LogP contribution in [0.3, 0.4) is 0 Å². The molecule has 0 saturated heterocycles. The third kappa shape index (κ3) is 6.00. The number of carbonyl (C=O) groups is 2. The molecule has 5 nitrogen and oxygen atoms in total. The van der Waals surface area contributed by atoms with Crippen LogP contribution in [0.15, 0.2) is 30.3 Å². The van der Waals surface area contributed by atoms with E-state index in [0.717, 1.165) is 5.56 Å². The molecule has 0 aromatic heterocycles. The number of benzene rings is 1. The van der Waals surface area contributed by atoms with Crippen LogP contribution in [-0.2, 0) is 16.1 Å². The second-order valence-electron chi connectivity index (χ2n) is 4.07. The minimum atomic E-state index is -0.867. The average molecular weight is 250 g/mol. The zero-order valence-corrected chi connectivity index (χ0v) is 10.4. The van der Waals surface area contributed by atoms with E-state index in [4.69, 9.17) is 5.11 Å². The van der Waals surface area contributed by atoms with Crippen molar-refractivity contribution < 1.29 is 14.7 Å². The van der Waals surface area contributed by atoms with Gasteiger partial charge in [-0.1, -0.05) is 30.3 Å². The van der Waals surface area contributed by atoms with E-state index in [9.17, 15) is 9.59 Å². The van der Waals surface area contributed by atoms with E-state index in [0.29, 0.717) is 19.6 Å². The molecule has 98 valence electrons. The molecule has 0 bridgehead atoms. The number of nitrogens with one attached hydrogen (secondary N) is 1. The number of nitrogens with zero attached hydrogens (tertiary/aromatic N) is 1. The van der Waals surface area contributed by atoms with Crippen LogP contribution in [-0.4, -0.2) is 41.5 Å². The van der Waals surface area contributed by atoms with Gasteiger partial charge >= 0.3 is 5.97 Å². The van der Waals surface area contributed by atoms with Gasteiger partial charge in [-0.15, -0.1) is 0 Å². The maximum Gasteiger partial charge on any atom is 0.317 e. The van der Waals surface area contributed by atoms with E-state index in [2.05, 4.69) is 5.32 Å². The van der Waals surface area contributed by atoms with Crippen molar-refractivity contribution in [3.63, 3.8) is 0 Å². The highest BCUT2D eigenvalue weighted by molar-refractivity contribution is 5.72. The van der Waals surface area contributed by atoms with Crippen LogP contribution in [0, 0.1) is 0 Å². The molecule has 5 heteroatoms. The van der Waals surface area contributed by atoms with Gasteiger partial charge < -0.3 is 10.4 Å². The Balaban J connectivity index is 2.50. The zero-order valence-electron chi connectivity index (χ0n) is 10.4. The molecule has 0 atom stereocenters. The molecule has 1 amide bonds. The lowest BCUT2D eigenvalue weighted by atomic mass is 10.2. The molecule has 0 aliphatic rings. The van der Waals surface area contributed by atoms with Crippen molar-refractivity contribution in [2.45, 2.75) is 13.5 Å². The predicted molar refractivity (Wildman–Crippen MR) is 68.0 cm³/mol. The first-order chi connectivity index (χ1) is 8.58. The first-order valence-electron chi connectivity index (χ1n) is 5.80. The summed E-state index contributed by atoms with van der Waals surface area (Å²) in [6.45, 7) is 2.94. The van der Waals surface area contributed by atoms with Crippen LogP contribution in [0.25, 0.3) is 0 Å². The molecule has 0 radical (unpaired) electrons. The predicted octanol–water partition coefficient (Wildman–Crippen LogP) is 0.709. The Kier molecular flexibility index (Phi) is 5.87. The summed E-state index contributed by atoms with van der Waals surface area (Å²) >= 11 is 0. The van der Waals surface area contributed by atoms with Gasteiger partial charge in [-0.05, 0) is 5.56 Å². The SMILES string of the molecule is CC(=O)NCCN(CC(=O)O)Cc1ccccc1. The third-order valence-electron chi connectivity index (χ3n) is 2.41. The number of rotatable bonds is 7. The first kappa shape index (κ1) is 14.2. The minimum Gasteiger partial charge on any atom is -0.480 e. The topological polar surface area (TPSA) is 69.6 Å². The Morgan fingerprint density at radius 2 is 1.94 bits per heavy atom. The maximum atomic E-state index is 10.8. The Morgan fingerprint density at radius 3 is 2.50 bits per heavy atom. The molecule has 2 N–H and O–H groups in total. The van der Waals surface area contributed by atoms with Crippen LogP contribution >= 0.6 is 0 Å². The molecule has 18 heavy (non-hydrogen) atoms. The Morgan fingerprint density at radius 1 is 1.28 bits per heavy atom. The summed E-state index contributed by atoms with van der Waals surface area (Å²) < 4.78 is 0. The summed E-state index contributed by atoms with van der Waals surface area (Å²) in [5.41, 5.74) is 1.06. The van der Waals surface area contributed by atoms with Gasteiger partial charge in [0.15, 0.2) is 0 Å². The lowest BCUT2D eigenvalue weighted by molar-refractivity contribution is -0.138. The fraction of sp³-hybridized carbons (Fsp3) is 0.385. The summed E-state index contributed by atoms with van der Waals surface area (Å²) in [5, 5.41) is 11.5. The Bertz CT molecular complexity index is 392. The highest BCUT2D eigenvalue weighted by atomic mass is 16.4. The highest BCUT2D eigenvalue weighted by Crippen LogP contribution is 2.03. The first-order valence-corrected chi connectivity index (χ1v) is 5.80.